The van der Waals surface area contributed by atoms with Gasteiger partial charge >= 0.3 is 7.82 Å². The van der Waals surface area contributed by atoms with Crippen LogP contribution in [0.3, 0.4) is 0 Å². The molecule has 0 fully saturated rings. The SMILES string of the molecule is O=P(O)(O)O.Oc1ccc(O)c2ccccc12.Oc1cccc2ccccc12. The van der Waals surface area contributed by atoms with E-state index < -0.39 is 7.82 Å². The second-order valence-corrected chi connectivity index (χ2v) is 6.69. The minimum absolute atomic E-state index is 0.198. The van der Waals surface area contributed by atoms with E-state index in [0.29, 0.717) is 16.5 Å². The van der Waals surface area contributed by atoms with Crippen LogP contribution >= 0.6 is 7.82 Å². The van der Waals surface area contributed by atoms with Crippen LogP contribution in [0.15, 0.2) is 78.9 Å². The van der Waals surface area contributed by atoms with E-state index in [1.807, 2.05) is 48.5 Å². The molecule has 0 bridgehead atoms. The van der Waals surface area contributed by atoms with Gasteiger partial charge in [0.05, 0.1) is 0 Å². The van der Waals surface area contributed by atoms with E-state index in [1.54, 1.807) is 18.2 Å². The highest BCUT2D eigenvalue weighted by Gasteiger charge is 2.01. The molecule has 0 unspecified atom stereocenters. The van der Waals surface area contributed by atoms with Gasteiger partial charge in [0, 0.05) is 16.2 Å². The Bertz CT molecular complexity index is 1070. The van der Waals surface area contributed by atoms with Crippen LogP contribution in [-0.2, 0) is 4.57 Å². The van der Waals surface area contributed by atoms with Gasteiger partial charge in [-0.2, -0.15) is 0 Å². The smallest absolute Gasteiger partial charge is 0.466 e. The Kier molecular flexibility index (Phi) is 6.98. The number of rotatable bonds is 0. The van der Waals surface area contributed by atoms with E-state index in [2.05, 4.69) is 0 Å². The van der Waals surface area contributed by atoms with Crippen LogP contribution < -0.4 is 0 Å². The predicted molar refractivity (Wildman–Crippen MR) is 107 cm³/mol. The van der Waals surface area contributed by atoms with Gasteiger partial charge in [0.25, 0.3) is 0 Å². The molecule has 146 valence electrons. The summed E-state index contributed by atoms with van der Waals surface area (Å²) >= 11 is 0. The van der Waals surface area contributed by atoms with Crippen molar-refractivity contribution in [3.05, 3.63) is 78.9 Å². The zero-order valence-corrected chi connectivity index (χ0v) is 15.4. The summed E-state index contributed by atoms with van der Waals surface area (Å²) in [6.45, 7) is 0. The normalized spacial score (nSPS) is 10.5. The highest BCUT2D eigenvalue weighted by Crippen LogP contribution is 2.30. The van der Waals surface area contributed by atoms with Gasteiger partial charge in [-0.1, -0.05) is 60.7 Å². The molecular formula is C20H19O7P. The Morgan fingerprint density at radius 1 is 0.500 bits per heavy atom. The van der Waals surface area contributed by atoms with E-state index in [4.69, 9.17) is 19.2 Å². The molecule has 7 nitrogen and oxygen atoms in total. The van der Waals surface area contributed by atoms with Crippen LogP contribution in [0, 0.1) is 0 Å². The van der Waals surface area contributed by atoms with Gasteiger partial charge in [0.1, 0.15) is 17.2 Å². The van der Waals surface area contributed by atoms with Crippen molar-refractivity contribution in [2.24, 2.45) is 0 Å². The molecule has 0 radical (unpaired) electrons. The molecule has 0 saturated carbocycles. The summed E-state index contributed by atoms with van der Waals surface area (Å²) in [6.07, 6.45) is 0. The lowest BCUT2D eigenvalue weighted by molar-refractivity contribution is 0.275. The van der Waals surface area contributed by atoms with Crippen LogP contribution in [0.5, 0.6) is 17.2 Å². The summed E-state index contributed by atoms with van der Waals surface area (Å²) < 4.78 is 8.88. The van der Waals surface area contributed by atoms with Gasteiger partial charge in [-0.3, -0.25) is 0 Å². The van der Waals surface area contributed by atoms with Gasteiger partial charge in [-0.25, -0.2) is 4.57 Å². The predicted octanol–water partition coefficient (Wildman–Crippen LogP) is 3.87. The molecule has 0 heterocycles. The highest BCUT2D eigenvalue weighted by molar-refractivity contribution is 7.45. The van der Waals surface area contributed by atoms with Gasteiger partial charge in [0.15, 0.2) is 0 Å². The van der Waals surface area contributed by atoms with Crippen molar-refractivity contribution in [3.8, 4) is 17.2 Å². The molecule has 4 aromatic carbocycles. The molecule has 0 aliphatic carbocycles. The average Bonchev–Trinajstić information content (AvgIpc) is 2.65. The minimum atomic E-state index is -4.64. The van der Waals surface area contributed by atoms with E-state index in [9.17, 15) is 15.3 Å². The summed E-state index contributed by atoms with van der Waals surface area (Å²) in [7, 11) is -4.64. The number of hydrogen-bond acceptors (Lipinski definition) is 4. The monoisotopic (exact) mass is 402 g/mol. The topological polar surface area (TPSA) is 138 Å². The maximum Gasteiger partial charge on any atom is 0.466 e. The first kappa shape index (κ1) is 21.2. The average molecular weight is 402 g/mol. The molecular weight excluding hydrogens is 383 g/mol. The second kappa shape index (κ2) is 9.21. The lowest BCUT2D eigenvalue weighted by Gasteiger charge is -2.01. The Morgan fingerprint density at radius 3 is 1.32 bits per heavy atom. The van der Waals surface area contributed by atoms with E-state index >= 15 is 0 Å². The summed E-state index contributed by atoms with van der Waals surface area (Å²) in [4.78, 5) is 21.6. The zero-order valence-electron chi connectivity index (χ0n) is 14.5. The third-order valence-electron chi connectivity index (χ3n) is 3.64. The largest absolute Gasteiger partial charge is 0.507 e. The molecule has 0 amide bonds. The zero-order chi connectivity index (χ0) is 20.7. The summed E-state index contributed by atoms with van der Waals surface area (Å²) in [6, 6.07) is 23.4. The van der Waals surface area contributed by atoms with Gasteiger partial charge in [-0.05, 0) is 23.6 Å². The van der Waals surface area contributed by atoms with E-state index in [1.165, 1.54) is 12.1 Å². The number of aromatic hydroxyl groups is 3. The lowest BCUT2D eigenvalue weighted by atomic mass is 10.1. The van der Waals surface area contributed by atoms with Crippen LogP contribution in [0.1, 0.15) is 0 Å². The van der Waals surface area contributed by atoms with Crippen molar-refractivity contribution in [1.82, 2.24) is 0 Å². The Morgan fingerprint density at radius 2 is 0.857 bits per heavy atom. The molecule has 28 heavy (non-hydrogen) atoms. The van der Waals surface area contributed by atoms with Crippen molar-refractivity contribution in [2.75, 3.05) is 0 Å². The maximum absolute atomic E-state index is 9.38. The molecule has 6 N–H and O–H groups in total. The number of phenols is 3. The number of phosphoric acid groups is 1. The molecule has 4 aromatic rings. The summed E-state index contributed by atoms with van der Waals surface area (Å²) in [5, 5.41) is 31.5. The molecule has 0 spiro atoms. The van der Waals surface area contributed by atoms with Crippen LogP contribution in [0.2, 0.25) is 0 Å². The van der Waals surface area contributed by atoms with Gasteiger partial charge in [0.2, 0.25) is 0 Å². The minimum Gasteiger partial charge on any atom is -0.507 e. The second-order valence-electron chi connectivity index (χ2n) is 5.66. The van der Waals surface area contributed by atoms with Crippen LogP contribution in [-0.4, -0.2) is 30.0 Å². The molecule has 0 aliphatic rings. The lowest BCUT2D eigenvalue weighted by Crippen LogP contribution is -1.73. The fourth-order valence-corrected chi connectivity index (χ4v) is 2.48. The van der Waals surface area contributed by atoms with Crippen molar-refractivity contribution in [2.45, 2.75) is 0 Å². The molecule has 8 heteroatoms. The van der Waals surface area contributed by atoms with Crippen molar-refractivity contribution >= 4 is 29.4 Å². The Balaban J connectivity index is 0.000000164. The first-order chi connectivity index (χ1) is 13.2. The maximum atomic E-state index is 9.38. The quantitative estimate of drug-likeness (QED) is 0.194. The first-order valence-electron chi connectivity index (χ1n) is 8.01. The van der Waals surface area contributed by atoms with Crippen LogP contribution in [0.25, 0.3) is 21.5 Å². The molecule has 0 atom stereocenters. The number of hydrogen-bond donors (Lipinski definition) is 6. The summed E-state index contributed by atoms with van der Waals surface area (Å²) in [5.41, 5.74) is 0. The fraction of sp³-hybridized carbons (Fsp3) is 0. The van der Waals surface area contributed by atoms with E-state index in [-0.39, 0.29) is 11.5 Å². The third-order valence-corrected chi connectivity index (χ3v) is 3.64. The standard InChI is InChI=1S/C10H8O2.C10H8O.H3O4P/c11-9-5-6-10(12)8-4-2-1-3-7(8)9;11-10-7-3-5-8-4-1-2-6-9(8)10;1-5(2,3)4/h1-6,11-12H;1-7,11H;(H3,1,2,3,4). The number of fused-ring (bicyclic) bond motifs is 2. The number of benzene rings is 4. The Labute approximate surface area is 160 Å². The molecule has 4 rings (SSSR count). The number of phenolic OH excluding ortho intramolecular Hbond substituents is 3. The fourth-order valence-electron chi connectivity index (χ4n) is 2.48. The third kappa shape index (κ3) is 6.26. The van der Waals surface area contributed by atoms with Crippen LogP contribution in [0.4, 0.5) is 0 Å². The van der Waals surface area contributed by atoms with Gasteiger partial charge < -0.3 is 30.0 Å². The van der Waals surface area contributed by atoms with Crippen molar-refractivity contribution in [1.29, 1.82) is 0 Å². The molecule has 0 aromatic heterocycles. The summed E-state index contributed by atoms with van der Waals surface area (Å²) in [5.74, 6) is 0.745. The Hall–Kier alpha value is -3.09. The van der Waals surface area contributed by atoms with E-state index in [0.717, 1.165) is 10.8 Å². The van der Waals surface area contributed by atoms with Crippen molar-refractivity contribution < 1.29 is 34.6 Å². The highest BCUT2D eigenvalue weighted by atomic mass is 31.2. The first-order valence-corrected chi connectivity index (χ1v) is 9.58. The molecule has 0 aliphatic heterocycles. The van der Waals surface area contributed by atoms with Gasteiger partial charge in [-0.15, -0.1) is 0 Å². The molecule has 0 saturated heterocycles. The van der Waals surface area contributed by atoms with Crippen molar-refractivity contribution in [3.63, 3.8) is 0 Å².